The molecular formula is C21H34N4O4S. The Morgan fingerprint density at radius 1 is 1.27 bits per heavy atom. The molecule has 3 rings (SSSR count). The Labute approximate surface area is 180 Å². The van der Waals surface area contributed by atoms with Crippen LogP contribution in [0.25, 0.3) is 0 Å². The van der Waals surface area contributed by atoms with Gasteiger partial charge in [0, 0.05) is 26.2 Å². The number of hydrogen-bond acceptors (Lipinski definition) is 6. The second-order valence-electron chi connectivity index (χ2n) is 7.81. The molecule has 0 radical (unpaired) electrons. The first-order chi connectivity index (χ1) is 14.5. The number of benzene rings is 1. The van der Waals surface area contributed by atoms with Crippen molar-refractivity contribution >= 4 is 15.8 Å². The van der Waals surface area contributed by atoms with Crippen molar-refractivity contribution in [1.82, 2.24) is 15.5 Å². The lowest BCUT2D eigenvalue weighted by atomic mass is 10.0. The fourth-order valence-electron chi connectivity index (χ4n) is 3.94. The summed E-state index contributed by atoms with van der Waals surface area (Å²) in [4.78, 5) is 7.24. The number of rotatable bonds is 8. The van der Waals surface area contributed by atoms with E-state index in [0.717, 1.165) is 51.0 Å². The lowest BCUT2D eigenvalue weighted by Gasteiger charge is -2.34. The van der Waals surface area contributed by atoms with Gasteiger partial charge in [0.15, 0.2) is 15.8 Å². The zero-order chi connectivity index (χ0) is 21.4. The number of aliphatic imine (C=N–C) groups is 1. The average molecular weight is 439 g/mol. The first kappa shape index (κ1) is 22.8. The average Bonchev–Trinajstić information content (AvgIpc) is 3.12. The van der Waals surface area contributed by atoms with Crippen molar-refractivity contribution in [3.05, 3.63) is 29.8 Å². The third-order valence-electron chi connectivity index (χ3n) is 5.64. The van der Waals surface area contributed by atoms with Crippen molar-refractivity contribution in [3.8, 4) is 5.75 Å². The van der Waals surface area contributed by atoms with E-state index >= 15 is 0 Å². The maximum Gasteiger partial charge on any atom is 0.191 e. The lowest BCUT2D eigenvalue weighted by Crippen LogP contribution is -2.42. The molecule has 0 aromatic heterocycles. The molecule has 2 saturated heterocycles. The summed E-state index contributed by atoms with van der Waals surface area (Å²) in [5.74, 6) is 2.28. The minimum atomic E-state index is -2.87. The molecule has 2 unspecified atom stereocenters. The van der Waals surface area contributed by atoms with Gasteiger partial charge in [-0.25, -0.2) is 8.42 Å². The van der Waals surface area contributed by atoms with Crippen LogP contribution >= 0.6 is 0 Å². The molecule has 168 valence electrons. The molecule has 2 fully saturated rings. The van der Waals surface area contributed by atoms with Gasteiger partial charge in [0.1, 0.15) is 5.75 Å². The number of hydrogen-bond donors (Lipinski definition) is 2. The smallest absolute Gasteiger partial charge is 0.191 e. The van der Waals surface area contributed by atoms with E-state index in [4.69, 9.17) is 14.5 Å². The van der Waals surface area contributed by atoms with Crippen molar-refractivity contribution in [2.75, 3.05) is 64.6 Å². The van der Waals surface area contributed by atoms with Crippen LogP contribution in [-0.2, 0) is 14.6 Å². The fourth-order valence-corrected chi connectivity index (χ4v) is 5.80. The molecule has 0 amide bonds. The van der Waals surface area contributed by atoms with Gasteiger partial charge in [-0.2, -0.15) is 0 Å². The van der Waals surface area contributed by atoms with E-state index in [0.29, 0.717) is 18.8 Å². The maximum absolute atomic E-state index is 11.7. The van der Waals surface area contributed by atoms with E-state index in [-0.39, 0.29) is 17.7 Å². The monoisotopic (exact) mass is 438 g/mol. The number of morpholine rings is 1. The van der Waals surface area contributed by atoms with Gasteiger partial charge in [-0.1, -0.05) is 12.1 Å². The van der Waals surface area contributed by atoms with Crippen molar-refractivity contribution in [3.63, 3.8) is 0 Å². The Kier molecular flexibility index (Phi) is 8.35. The largest absolute Gasteiger partial charge is 0.497 e. The molecular weight excluding hydrogens is 404 g/mol. The van der Waals surface area contributed by atoms with Crippen LogP contribution in [0.15, 0.2) is 29.3 Å². The molecule has 30 heavy (non-hydrogen) atoms. The standard InChI is InChI=1S/C21H34N4O4S/c1-3-22-21(23-14-17-8-13-30(26,27)16-17)24-15-20(25-9-11-29-12-10-25)18-4-6-19(28-2)7-5-18/h4-7,17,20H,3,8-16H2,1-2H3,(H2,22,23,24). The molecule has 1 aromatic rings. The molecule has 2 heterocycles. The molecule has 0 bridgehead atoms. The topological polar surface area (TPSA) is 92.3 Å². The van der Waals surface area contributed by atoms with E-state index < -0.39 is 9.84 Å². The Morgan fingerprint density at radius 3 is 2.60 bits per heavy atom. The van der Waals surface area contributed by atoms with Crippen molar-refractivity contribution < 1.29 is 17.9 Å². The number of guanidine groups is 1. The van der Waals surface area contributed by atoms with Gasteiger partial charge in [0.05, 0.1) is 44.4 Å². The van der Waals surface area contributed by atoms with Crippen LogP contribution in [0.5, 0.6) is 5.75 Å². The Bertz CT molecular complexity index is 792. The van der Waals surface area contributed by atoms with Gasteiger partial charge in [0.2, 0.25) is 0 Å². The molecule has 0 aliphatic carbocycles. The summed E-state index contributed by atoms with van der Waals surface area (Å²) in [6, 6.07) is 8.30. The number of methoxy groups -OCH3 is 1. The Hall–Kier alpha value is -1.84. The summed E-state index contributed by atoms with van der Waals surface area (Å²) in [7, 11) is -1.20. The highest BCUT2D eigenvalue weighted by Gasteiger charge is 2.28. The molecule has 2 aliphatic rings. The third kappa shape index (κ3) is 6.58. The minimum absolute atomic E-state index is 0.141. The van der Waals surface area contributed by atoms with Gasteiger partial charge in [-0.05, 0) is 37.0 Å². The highest BCUT2D eigenvalue weighted by Crippen LogP contribution is 2.24. The SMILES string of the molecule is CCNC(=NCC(c1ccc(OC)cc1)N1CCOCC1)NCC1CCS(=O)(=O)C1. The molecule has 2 N–H and O–H groups in total. The van der Waals surface area contributed by atoms with E-state index in [1.54, 1.807) is 7.11 Å². The van der Waals surface area contributed by atoms with Crippen LogP contribution < -0.4 is 15.4 Å². The predicted octanol–water partition coefficient (Wildman–Crippen LogP) is 1.06. The van der Waals surface area contributed by atoms with Crippen LogP contribution in [-0.4, -0.2) is 83.8 Å². The Balaban J connectivity index is 1.68. The van der Waals surface area contributed by atoms with E-state index in [9.17, 15) is 8.42 Å². The van der Waals surface area contributed by atoms with E-state index in [2.05, 4.69) is 27.7 Å². The van der Waals surface area contributed by atoms with Gasteiger partial charge < -0.3 is 20.1 Å². The quantitative estimate of drug-likeness (QED) is 0.463. The second-order valence-corrected chi connectivity index (χ2v) is 10.0. The van der Waals surface area contributed by atoms with Gasteiger partial charge >= 0.3 is 0 Å². The number of ether oxygens (including phenoxy) is 2. The highest BCUT2D eigenvalue weighted by atomic mass is 32.2. The summed E-state index contributed by atoms with van der Waals surface area (Å²) in [6.45, 7) is 7.20. The number of sulfone groups is 1. The molecule has 2 aliphatic heterocycles. The Morgan fingerprint density at radius 2 is 2.00 bits per heavy atom. The number of nitrogens with one attached hydrogen (secondary N) is 2. The fraction of sp³-hybridized carbons (Fsp3) is 0.667. The summed E-state index contributed by atoms with van der Waals surface area (Å²) in [6.07, 6.45) is 0.719. The summed E-state index contributed by atoms with van der Waals surface area (Å²) >= 11 is 0. The van der Waals surface area contributed by atoms with Crippen LogP contribution in [0.4, 0.5) is 0 Å². The third-order valence-corrected chi connectivity index (χ3v) is 7.48. The molecule has 9 heteroatoms. The molecule has 2 atom stereocenters. The molecule has 1 aromatic carbocycles. The zero-order valence-electron chi connectivity index (χ0n) is 18.0. The molecule has 0 saturated carbocycles. The van der Waals surface area contributed by atoms with Crippen molar-refractivity contribution in [2.24, 2.45) is 10.9 Å². The highest BCUT2D eigenvalue weighted by molar-refractivity contribution is 7.91. The second kappa shape index (κ2) is 11.0. The molecule has 8 nitrogen and oxygen atoms in total. The van der Waals surface area contributed by atoms with Gasteiger partial charge in [-0.3, -0.25) is 9.89 Å². The van der Waals surface area contributed by atoms with Crippen molar-refractivity contribution in [1.29, 1.82) is 0 Å². The van der Waals surface area contributed by atoms with Gasteiger partial charge in [0.25, 0.3) is 0 Å². The van der Waals surface area contributed by atoms with Crippen LogP contribution in [0, 0.1) is 5.92 Å². The van der Waals surface area contributed by atoms with Gasteiger partial charge in [-0.15, -0.1) is 0 Å². The zero-order valence-corrected chi connectivity index (χ0v) is 18.8. The van der Waals surface area contributed by atoms with Crippen molar-refractivity contribution in [2.45, 2.75) is 19.4 Å². The summed E-state index contributed by atoms with van der Waals surface area (Å²) in [5, 5.41) is 6.62. The predicted molar refractivity (Wildman–Crippen MR) is 119 cm³/mol. The molecule has 0 spiro atoms. The van der Waals surface area contributed by atoms with E-state index in [1.807, 2.05) is 19.1 Å². The normalized spacial score (nSPS) is 23.1. The summed E-state index contributed by atoms with van der Waals surface area (Å²) in [5.41, 5.74) is 1.19. The lowest BCUT2D eigenvalue weighted by molar-refractivity contribution is 0.0179. The minimum Gasteiger partial charge on any atom is -0.497 e. The maximum atomic E-state index is 11.7. The van der Waals surface area contributed by atoms with E-state index in [1.165, 1.54) is 5.56 Å². The summed E-state index contributed by atoms with van der Waals surface area (Å²) < 4.78 is 34.2. The first-order valence-corrected chi connectivity index (χ1v) is 12.5. The van der Waals surface area contributed by atoms with Crippen LogP contribution in [0.3, 0.4) is 0 Å². The first-order valence-electron chi connectivity index (χ1n) is 10.7. The van der Waals surface area contributed by atoms with Crippen LogP contribution in [0.2, 0.25) is 0 Å². The van der Waals surface area contributed by atoms with Crippen LogP contribution in [0.1, 0.15) is 24.9 Å². The number of nitrogens with zero attached hydrogens (tertiary/aromatic N) is 2.